The van der Waals surface area contributed by atoms with Gasteiger partial charge in [0.15, 0.2) is 0 Å². The minimum Gasteiger partial charge on any atom is -0.383 e. The van der Waals surface area contributed by atoms with Gasteiger partial charge in [-0.25, -0.2) is 0 Å². The molecule has 2 rings (SSSR count). The van der Waals surface area contributed by atoms with Crippen LogP contribution in [0.2, 0.25) is 0 Å². The van der Waals surface area contributed by atoms with Gasteiger partial charge in [0, 0.05) is 13.7 Å². The van der Waals surface area contributed by atoms with Gasteiger partial charge in [-0.15, -0.1) is 12.4 Å². The number of ether oxygens (including phenoxy) is 1. The summed E-state index contributed by atoms with van der Waals surface area (Å²) in [5.74, 6) is 0.641. The third-order valence-corrected chi connectivity index (χ3v) is 3.86. The summed E-state index contributed by atoms with van der Waals surface area (Å²) < 4.78 is 4.94. The Labute approximate surface area is 133 Å². The zero-order chi connectivity index (χ0) is 14.2. The van der Waals surface area contributed by atoms with Crippen LogP contribution < -0.4 is 10.6 Å². The first-order chi connectivity index (χ1) is 9.81. The number of nitrogens with one attached hydrogen (secondary N) is 2. The fourth-order valence-electron chi connectivity index (χ4n) is 2.51. The SMILES string of the molecule is COCCNCC(=O)NC(c1ccccc1)C1CCC1.Cl. The maximum Gasteiger partial charge on any atom is 0.234 e. The molecular formula is C16H25ClN2O2. The van der Waals surface area contributed by atoms with Crippen molar-refractivity contribution in [1.82, 2.24) is 10.6 Å². The number of halogens is 1. The van der Waals surface area contributed by atoms with E-state index in [2.05, 4.69) is 22.8 Å². The van der Waals surface area contributed by atoms with Crippen molar-refractivity contribution in [2.75, 3.05) is 26.8 Å². The molecule has 1 saturated carbocycles. The van der Waals surface area contributed by atoms with Crippen molar-refractivity contribution in [3.05, 3.63) is 35.9 Å². The molecule has 0 saturated heterocycles. The highest BCUT2D eigenvalue weighted by atomic mass is 35.5. The zero-order valence-corrected chi connectivity index (χ0v) is 13.3. The van der Waals surface area contributed by atoms with Gasteiger partial charge in [0.05, 0.1) is 19.2 Å². The number of amides is 1. The molecular weight excluding hydrogens is 288 g/mol. The van der Waals surface area contributed by atoms with Crippen LogP contribution in [0.25, 0.3) is 0 Å². The molecule has 1 aromatic carbocycles. The van der Waals surface area contributed by atoms with E-state index in [0.29, 0.717) is 25.6 Å². The van der Waals surface area contributed by atoms with E-state index < -0.39 is 0 Å². The number of methoxy groups -OCH3 is 1. The van der Waals surface area contributed by atoms with Crippen molar-refractivity contribution in [1.29, 1.82) is 0 Å². The quantitative estimate of drug-likeness (QED) is 0.724. The van der Waals surface area contributed by atoms with Crippen LogP contribution in [0.3, 0.4) is 0 Å². The number of hydrogen-bond donors (Lipinski definition) is 2. The van der Waals surface area contributed by atoms with Gasteiger partial charge >= 0.3 is 0 Å². The molecule has 1 aromatic rings. The highest BCUT2D eigenvalue weighted by molar-refractivity contribution is 5.85. The fourth-order valence-corrected chi connectivity index (χ4v) is 2.51. The predicted octanol–water partition coefficient (Wildman–Crippen LogP) is 2.30. The second-order valence-corrected chi connectivity index (χ2v) is 5.32. The van der Waals surface area contributed by atoms with Crippen LogP contribution in [-0.2, 0) is 9.53 Å². The van der Waals surface area contributed by atoms with Crippen LogP contribution in [0.15, 0.2) is 30.3 Å². The van der Waals surface area contributed by atoms with Crippen molar-refractivity contribution in [3.63, 3.8) is 0 Å². The van der Waals surface area contributed by atoms with E-state index in [1.54, 1.807) is 7.11 Å². The number of carbonyl (C=O) groups excluding carboxylic acids is 1. The Kier molecular flexibility index (Phi) is 8.35. The molecule has 1 aliphatic rings. The third-order valence-electron chi connectivity index (χ3n) is 3.86. The Balaban J connectivity index is 0.00000220. The third kappa shape index (κ3) is 5.65. The van der Waals surface area contributed by atoms with Crippen LogP contribution in [0, 0.1) is 5.92 Å². The normalized spacial score (nSPS) is 15.7. The lowest BCUT2D eigenvalue weighted by Crippen LogP contribution is -2.41. The molecule has 5 heteroatoms. The molecule has 1 fully saturated rings. The van der Waals surface area contributed by atoms with E-state index >= 15 is 0 Å². The Hall–Kier alpha value is -1.10. The maximum atomic E-state index is 12.0. The summed E-state index contributed by atoms with van der Waals surface area (Å²) in [5.41, 5.74) is 1.21. The van der Waals surface area contributed by atoms with Gasteiger partial charge in [-0.05, 0) is 24.3 Å². The Morgan fingerprint density at radius 1 is 1.33 bits per heavy atom. The van der Waals surface area contributed by atoms with Crippen molar-refractivity contribution in [3.8, 4) is 0 Å². The van der Waals surface area contributed by atoms with Crippen molar-refractivity contribution < 1.29 is 9.53 Å². The Bertz CT molecular complexity index is 410. The van der Waals surface area contributed by atoms with Crippen LogP contribution in [0.5, 0.6) is 0 Å². The topological polar surface area (TPSA) is 50.4 Å². The molecule has 0 aliphatic heterocycles. The molecule has 0 aromatic heterocycles. The summed E-state index contributed by atoms with van der Waals surface area (Å²) >= 11 is 0. The number of hydrogen-bond acceptors (Lipinski definition) is 3. The van der Waals surface area contributed by atoms with Crippen LogP contribution in [0.4, 0.5) is 0 Å². The van der Waals surface area contributed by atoms with E-state index in [-0.39, 0.29) is 24.4 Å². The van der Waals surface area contributed by atoms with Crippen molar-refractivity contribution in [2.45, 2.75) is 25.3 Å². The van der Waals surface area contributed by atoms with Crippen LogP contribution in [0.1, 0.15) is 30.9 Å². The first-order valence-electron chi connectivity index (χ1n) is 7.35. The zero-order valence-electron chi connectivity index (χ0n) is 12.5. The van der Waals surface area contributed by atoms with E-state index in [9.17, 15) is 4.79 Å². The number of carbonyl (C=O) groups is 1. The number of rotatable bonds is 8. The molecule has 4 nitrogen and oxygen atoms in total. The smallest absolute Gasteiger partial charge is 0.234 e. The summed E-state index contributed by atoms with van der Waals surface area (Å²) in [6.07, 6.45) is 3.68. The highest BCUT2D eigenvalue weighted by Gasteiger charge is 2.29. The van der Waals surface area contributed by atoms with Gasteiger partial charge in [-0.1, -0.05) is 36.8 Å². The molecule has 1 aliphatic carbocycles. The summed E-state index contributed by atoms with van der Waals surface area (Å²) in [7, 11) is 1.66. The van der Waals surface area contributed by atoms with Gasteiger partial charge in [0.25, 0.3) is 0 Å². The molecule has 0 spiro atoms. The minimum atomic E-state index is 0. The van der Waals surface area contributed by atoms with Gasteiger partial charge in [0.1, 0.15) is 0 Å². The van der Waals surface area contributed by atoms with Crippen LogP contribution >= 0.6 is 12.4 Å². The summed E-state index contributed by atoms with van der Waals surface area (Å²) in [5, 5.41) is 6.25. The molecule has 0 radical (unpaired) electrons. The first-order valence-corrected chi connectivity index (χ1v) is 7.35. The summed E-state index contributed by atoms with van der Waals surface area (Å²) in [4.78, 5) is 12.0. The van der Waals surface area contributed by atoms with Crippen LogP contribution in [-0.4, -0.2) is 32.7 Å². The molecule has 1 atom stereocenters. The Morgan fingerprint density at radius 2 is 2.05 bits per heavy atom. The monoisotopic (exact) mass is 312 g/mol. The molecule has 2 N–H and O–H groups in total. The first kappa shape index (κ1) is 18.0. The van der Waals surface area contributed by atoms with E-state index in [0.717, 1.165) is 0 Å². The molecule has 1 unspecified atom stereocenters. The summed E-state index contributed by atoms with van der Waals surface area (Å²) in [6, 6.07) is 10.4. The average molecular weight is 313 g/mol. The predicted molar refractivity (Wildman–Crippen MR) is 86.7 cm³/mol. The molecule has 0 heterocycles. The van der Waals surface area contributed by atoms with E-state index in [1.807, 2.05) is 18.2 Å². The molecule has 118 valence electrons. The largest absolute Gasteiger partial charge is 0.383 e. The lowest BCUT2D eigenvalue weighted by Gasteiger charge is -2.34. The second-order valence-electron chi connectivity index (χ2n) is 5.32. The second kappa shape index (κ2) is 9.77. The van der Waals surface area contributed by atoms with Crippen molar-refractivity contribution >= 4 is 18.3 Å². The van der Waals surface area contributed by atoms with E-state index in [4.69, 9.17) is 4.74 Å². The summed E-state index contributed by atoms with van der Waals surface area (Å²) in [6.45, 7) is 1.67. The van der Waals surface area contributed by atoms with Gasteiger partial charge in [-0.3, -0.25) is 4.79 Å². The van der Waals surface area contributed by atoms with E-state index in [1.165, 1.54) is 24.8 Å². The minimum absolute atomic E-state index is 0. The van der Waals surface area contributed by atoms with Gasteiger partial charge in [-0.2, -0.15) is 0 Å². The van der Waals surface area contributed by atoms with Gasteiger partial charge < -0.3 is 15.4 Å². The van der Waals surface area contributed by atoms with Crippen molar-refractivity contribution in [2.24, 2.45) is 5.92 Å². The molecule has 1 amide bonds. The highest BCUT2D eigenvalue weighted by Crippen LogP contribution is 2.37. The fraction of sp³-hybridized carbons (Fsp3) is 0.562. The maximum absolute atomic E-state index is 12.0. The molecule has 0 bridgehead atoms. The lowest BCUT2D eigenvalue weighted by molar-refractivity contribution is -0.121. The molecule has 21 heavy (non-hydrogen) atoms. The number of benzene rings is 1. The lowest BCUT2D eigenvalue weighted by atomic mass is 9.77. The van der Waals surface area contributed by atoms with Gasteiger partial charge in [0.2, 0.25) is 5.91 Å². The standard InChI is InChI=1S/C16H24N2O2.ClH/c1-20-11-10-17-12-15(19)18-16(14-8-5-9-14)13-6-3-2-4-7-13;/h2-4,6-7,14,16-17H,5,8-12H2,1H3,(H,18,19);1H. The Morgan fingerprint density at radius 3 is 2.62 bits per heavy atom. The average Bonchev–Trinajstić information content (AvgIpc) is 2.42.